The Bertz CT molecular complexity index is 883. The fraction of sp³-hybridized carbons (Fsp3) is 0.522. The lowest BCUT2D eigenvalue weighted by atomic mass is 9.86. The van der Waals surface area contributed by atoms with Gasteiger partial charge in [0.15, 0.2) is 5.13 Å². The summed E-state index contributed by atoms with van der Waals surface area (Å²) in [5.74, 6) is -0.172. The summed E-state index contributed by atoms with van der Waals surface area (Å²) in [7, 11) is 0. The third-order valence-corrected chi connectivity index (χ3v) is 8.10. The number of benzene rings is 1. The molecule has 1 aliphatic carbocycles. The smallest absolute Gasteiger partial charge is 0.323 e. The van der Waals surface area contributed by atoms with E-state index in [4.69, 9.17) is 16.7 Å². The van der Waals surface area contributed by atoms with Crippen molar-refractivity contribution >= 4 is 51.8 Å². The molecule has 0 saturated heterocycles. The van der Waals surface area contributed by atoms with Gasteiger partial charge in [-0.25, -0.2) is 9.78 Å². The summed E-state index contributed by atoms with van der Waals surface area (Å²) in [4.78, 5) is 30.1. The minimum absolute atomic E-state index is 0.0183. The first kappa shape index (κ1) is 24.9. The number of nitrogens with zero attached hydrogens (tertiary/aromatic N) is 2. The number of amides is 2. The second-order valence-electron chi connectivity index (χ2n) is 8.29. The van der Waals surface area contributed by atoms with Crippen molar-refractivity contribution in [2.24, 2.45) is 5.92 Å². The maximum atomic E-state index is 13.1. The van der Waals surface area contributed by atoms with Crippen LogP contribution in [0.1, 0.15) is 51.0 Å². The standard InChI is InChI=1S/C23H30ClN3O3S2/c1-16-5-11-19(12-6-16)27(13-3-2-4-17-7-9-18(24)10-8-17)23(30)26-22-25-14-21(32-22)31-15-20(28)29/h7-10,14,16,19H,2-6,11-13,15H2,1H3,(H,28,29)(H,25,26,30). The fourth-order valence-electron chi connectivity index (χ4n) is 3.95. The van der Waals surface area contributed by atoms with Crippen LogP contribution in [0.3, 0.4) is 0 Å². The van der Waals surface area contributed by atoms with E-state index in [0.29, 0.717) is 17.6 Å². The molecule has 0 aliphatic heterocycles. The molecular weight excluding hydrogens is 466 g/mol. The molecule has 1 fully saturated rings. The topological polar surface area (TPSA) is 82.5 Å². The lowest BCUT2D eigenvalue weighted by Gasteiger charge is -2.36. The number of thioether (sulfide) groups is 1. The lowest BCUT2D eigenvalue weighted by Crippen LogP contribution is -2.45. The number of halogens is 1. The molecule has 6 nitrogen and oxygen atoms in total. The molecule has 1 saturated carbocycles. The zero-order chi connectivity index (χ0) is 22.9. The molecule has 1 aliphatic rings. The highest BCUT2D eigenvalue weighted by atomic mass is 35.5. The fourth-order valence-corrected chi connectivity index (χ4v) is 5.65. The lowest BCUT2D eigenvalue weighted by molar-refractivity contribution is -0.133. The monoisotopic (exact) mass is 495 g/mol. The van der Waals surface area contributed by atoms with Crippen LogP contribution in [0, 0.1) is 5.92 Å². The Morgan fingerprint density at radius 1 is 1.22 bits per heavy atom. The van der Waals surface area contributed by atoms with Gasteiger partial charge in [0.1, 0.15) is 0 Å². The van der Waals surface area contributed by atoms with Gasteiger partial charge < -0.3 is 10.0 Å². The van der Waals surface area contributed by atoms with Crippen LogP contribution in [-0.2, 0) is 11.2 Å². The van der Waals surface area contributed by atoms with Crippen molar-refractivity contribution in [1.29, 1.82) is 0 Å². The zero-order valence-corrected chi connectivity index (χ0v) is 20.6. The van der Waals surface area contributed by atoms with Gasteiger partial charge in [-0.15, -0.1) is 11.8 Å². The number of aliphatic carboxylic acids is 1. The maximum absolute atomic E-state index is 13.1. The van der Waals surface area contributed by atoms with Crippen molar-refractivity contribution in [3.63, 3.8) is 0 Å². The second-order valence-corrected chi connectivity index (χ2v) is 11.0. The number of carboxylic acids is 1. The molecule has 3 rings (SSSR count). The number of carbonyl (C=O) groups is 2. The molecule has 174 valence electrons. The van der Waals surface area contributed by atoms with Crippen LogP contribution < -0.4 is 5.32 Å². The first-order chi connectivity index (χ1) is 15.4. The Labute approximate surface area is 202 Å². The number of aromatic nitrogens is 1. The molecule has 0 unspecified atom stereocenters. The van der Waals surface area contributed by atoms with Gasteiger partial charge >= 0.3 is 12.0 Å². The molecule has 0 atom stereocenters. The number of unbranched alkanes of at least 4 members (excludes halogenated alkanes) is 1. The van der Waals surface area contributed by atoms with E-state index in [-0.39, 0.29) is 17.8 Å². The van der Waals surface area contributed by atoms with Crippen LogP contribution in [0.25, 0.3) is 0 Å². The number of anilines is 1. The van der Waals surface area contributed by atoms with Crippen LogP contribution in [0.5, 0.6) is 0 Å². The summed E-state index contributed by atoms with van der Waals surface area (Å²) in [5, 5.41) is 13.0. The Balaban J connectivity index is 1.55. The van der Waals surface area contributed by atoms with Gasteiger partial charge in [0.2, 0.25) is 0 Å². The van der Waals surface area contributed by atoms with Gasteiger partial charge in [-0.1, -0.05) is 42.0 Å². The van der Waals surface area contributed by atoms with Crippen molar-refractivity contribution in [1.82, 2.24) is 9.88 Å². The molecule has 1 aromatic heterocycles. The number of hydrogen-bond acceptors (Lipinski definition) is 5. The van der Waals surface area contributed by atoms with Crippen LogP contribution >= 0.6 is 34.7 Å². The van der Waals surface area contributed by atoms with Crippen LogP contribution in [0.15, 0.2) is 34.7 Å². The number of urea groups is 1. The minimum atomic E-state index is -0.870. The van der Waals surface area contributed by atoms with Gasteiger partial charge in [-0.3, -0.25) is 10.1 Å². The summed E-state index contributed by atoms with van der Waals surface area (Å²) < 4.78 is 0.781. The Morgan fingerprint density at radius 2 is 1.94 bits per heavy atom. The van der Waals surface area contributed by atoms with E-state index in [0.717, 1.165) is 54.2 Å². The average Bonchev–Trinajstić information content (AvgIpc) is 3.21. The van der Waals surface area contributed by atoms with Crippen LogP contribution in [-0.4, -0.2) is 45.3 Å². The van der Waals surface area contributed by atoms with Gasteiger partial charge in [-0.05, 0) is 68.6 Å². The van der Waals surface area contributed by atoms with E-state index in [1.165, 1.54) is 28.7 Å². The molecule has 0 spiro atoms. The molecule has 2 aromatic rings. The summed E-state index contributed by atoms with van der Waals surface area (Å²) in [6, 6.07) is 8.08. The molecule has 1 aromatic carbocycles. The summed E-state index contributed by atoms with van der Waals surface area (Å²) >= 11 is 8.49. The first-order valence-electron chi connectivity index (χ1n) is 11.0. The van der Waals surface area contributed by atoms with Gasteiger partial charge in [0.05, 0.1) is 16.2 Å². The van der Waals surface area contributed by atoms with Crippen LogP contribution in [0.4, 0.5) is 9.93 Å². The molecule has 9 heteroatoms. The number of thiazole rings is 1. The molecule has 1 heterocycles. The summed E-state index contributed by atoms with van der Waals surface area (Å²) in [6.45, 7) is 2.99. The Kier molecular flexibility index (Phi) is 9.69. The summed E-state index contributed by atoms with van der Waals surface area (Å²) in [6.07, 6.45) is 8.87. The highest BCUT2D eigenvalue weighted by molar-refractivity contribution is 8.01. The highest BCUT2D eigenvalue weighted by Gasteiger charge is 2.27. The average molecular weight is 496 g/mol. The molecule has 32 heavy (non-hydrogen) atoms. The normalized spacial score (nSPS) is 18.3. The van der Waals surface area contributed by atoms with Crippen molar-refractivity contribution < 1.29 is 14.7 Å². The van der Waals surface area contributed by atoms with E-state index in [2.05, 4.69) is 29.4 Å². The van der Waals surface area contributed by atoms with Crippen LogP contribution in [0.2, 0.25) is 5.02 Å². The van der Waals surface area contributed by atoms with Crippen molar-refractivity contribution in [3.05, 3.63) is 41.0 Å². The largest absolute Gasteiger partial charge is 0.481 e. The third kappa shape index (κ3) is 7.98. The number of aryl methyl sites for hydroxylation is 1. The highest BCUT2D eigenvalue weighted by Crippen LogP contribution is 2.30. The number of rotatable bonds is 10. The van der Waals surface area contributed by atoms with E-state index in [9.17, 15) is 9.59 Å². The van der Waals surface area contributed by atoms with E-state index >= 15 is 0 Å². The van der Waals surface area contributed by atoms with Crippen molar-refractivity contribution in [3.8, 4) is 0 Å². The quantitative estimate of drug-likeness (QED) is 0.294. The minimum Gasteiger partial charge on any atom is -0.481 e. The predicted octanol–water partition coefficient (Wildman–Crippen LogP) is 6.41. The zero-order valence-electron chi connectivity index (χ0n) is 18.3. The molecule has 0 radical (unpaired) electrons. The van der Waals surface area contributed by atoms with Gasteiger partial charge in [0, 0.05) is 17.6 Å². The van der Waals surface area contributed by atoms with E-state index in [1.54, 1.807) is 6.20 Å². The second kappa shape index (κ2) is 12.5. The molecule has 0 bridgehead atoms. The van der Waals surface area contributed by atoms with Crippen molar-refractivity contribution in [2.45, 2.75) is 62.1 Å². The van der Waals surface area contributed by atoms with Crippen molar-refractivity contribution in [2.75, 3.05) is 17.6 Å². The van der Waals surface area contributed by atoms with Gasteiger partial charge in [0.25, 0.3) is 0 Å². The number of carboxylic acid groups (broad SMARTS) is 1. The maximum Gasteiger partial charge on any atom is 0.323 e. The molecule has 2 N–H and O–H groups in total. The Morgan fingerprint density at radius 3 is 2.62 bits per heavy atom. The van der Waals surface area contributed by atoms with Gasteiger partial charge in [-0.2, -0.15) is 0 Å². The SMILES string of the molecule is CC1CCC(N(CCCCc2ccc(Cl)cc2)C(=O)Nc2ncc(SCC(=O)O)s2)CC1. The summed E-state index contributed by atoms with van der Waals surface area (Å²) in [5.41, 5.74) is 1.26. The third-order valence-electron chi connectivity index (χ3n) is 5.75. The molecule has 2 amide bonds. The number of nitrogens with one attached hydrogen (secondary N) is 1. The number of carbonyl (C=O) groups excluding carboxylic acids is 1. The van der Waals surface area contributed by atoms with E-state index < -0.39 is 5.97 Å². The van der Waals surface area contributed by atoms with E-state index in [1.807, 2.05) is 17.0 Å². The first-order valence-corrected chi connectivity index (χ1v) is 13.2. The molecular formula is C23H30ClN3O3S2. The number of hydrogen-bond donors (Lipinski definition) is 2. The predicted molar refractivity (Wildman–Crippen MR) is 132 cm³/mol. The Hall–Kier alpha value is -1.77.